The van der Waals surface area contributed by atoms with Gasteiger partial charge in [0.1, 0.15) is 11.8 Å². The number of carbonyl (C=O) groups excluding carboxylic acids is 1. The number of nitrogens with zero attached hydrogens (tertiary/aromatic N) is 1. The lowest BCUT2D eigenvalue weighted by atomic mass is 10.1. The second-order valence-electron chi connectivity index (χ2n) is 6.66. The van der Waals surface area contributed by atoms with Gasteiger partial charge in [-0.3, -0.25) is 10.2 Å². The summed E-state index contributed by atoms with van der Waals surface area (Å²) in [6.07, 6.45) is 3.38. The van der Waals surface area contributed by atoms with Crippen molar-refractivity contribution in [3.05, 3.63) is 29.1 Å². The van der Waals surface area contributed by atoms with Crippen LogP contribution in [0.3, 0.4) is 0 Å². The Kier molecular flexibility index (Phi) is 4.45. The Hall–Kier alpha value is -1.96. The smallest absolute Gasteiger partial charge is 0.244 e. The zero-order valence-corrected chi connectivity index (χ0v) is 15.2. The zero-order chi connectivity index (χ0) is 17.4. The Balaban J connectivity index is 1.43. The molecule has 1 saturated heterocycles. The number of anilines is 1. The van der Waals surface area contributed by atoms with Gasteiger partial charge in [0, 0.05) is 16.5 Å². The third-order valence-electron chi connectivity index (χ3n) is 4.83. The summed E-state index contributed by atoms with van der Waals surface area (Å²) < 4.78 is 5.19. The summed E-state index contributed by atoms with van der Waals surface area (Å²) in [5.41, 5.74) is 8.28. The van der Waals surface area contributed by atoms with Crippen LogP contribution in [0.15, 0.2) is 24.3 Å². The van der Waals surface area contributed by atoms with Gasteiger partial charge in [-0.25, -0.2) is 10.4 Å². The van der Waals surface area contributed by atoms with Crippen LogP contribution in [-0.2, 0) is 4.79 Å². The van der Waals surface area contributed by atoms with Gasteiger partial charge in [-0.1, -0.05) is 0 Å². The van der Waals surface area contributed by atoms with E-state index in [1.165, 1.54) is 24.2 Å². The average molecular weight is 358 g/mol. The fourth-order valence-corrected chi connectivity index (χ4v) is 4.06. The highest BCUT2D eigenvalue weighted by Gasteiger charge is 2.38. The molecule has 2 aromatic rings. The molecule has 0 radical (unpaired) electrons. The summed E-state index contributed by atoms with van der Waals surface area (Å²) in [4.78, 5) is 18.2. The Morgan fingerprint density at radius 2 is 2.04 bits per heavy atom. The minimum atomic E-state index is -0.195. The summed E-state index contributed by atoms with van der Waals surface area (Å²) in [7, 11) is 1.65. The predicted octanol–water partition coefficient (Wildman–Crippen LogP) is 2.71. The van der Waals surface area contributed by atoms with Gasteiger partial charge in [-0.15, -0.1) is 11.3 Å². The highest BCUT2D eigenvalue weighted by molar-refractivity contribution is 7.16. The number of hydrogen-bond donors (Lipinski definition) is 3. The number of aryl methyl sites for hydroxylation is 1. The molecule has 2 fully saturated rings. The minimum Gasteiger partial charge on any atom is -0.497 e. The van der Waals surface area contributed by atoms with E-state index in [2.05, 4.69) is 21.2 Å². The number of nitrogens with one attached hydrogen (secondary N) is 3. The van der Waals surface area contributed by atoms with E-state index < -0.39 is 0 Å². The van der Waals surface area contributed by atoms with E-state index in [-0.39, 0.29) is 11.9 Å². The molecule has 3 N–H and O–H groups in total. The predicted molar refractivity (Wildman–Crippen MR) is 98.7 cm³/mol. The number of aromatic nitrogens is 1. The van der Waals surface area contributed by atoms with Gasteiger partial charge in [0.2, 0.25) is 5.91 Å². The lowest BCUT2D eigenvalue weighted by Crippen LogP contribution is -2.40. The molecule has 1 saturated carbocycles. The number of hydrogen-bond acceptors (Lipinski definition) is 6. The Morgan fingerprint density at radius 3 is 2.72 bits per heavy atom. The Labute approximate surface area is 151 Å². The van der Waals surface area contributed by atoms with Gasteiger partial charge >= 0.3 is 0 Å². The van der Waals surface area contributed by atoms with Crippen LogP contribution in [0.1, 0.15) is 24.1 Å². The SMILES string of the molecule is COc1ccc(-c2nc(NC(=O)C3CC(C4CC4)NN3)sc2C)cc1. The normalized spacial score (nSPS) is 22.8. The molecule has 1 aliphatic heterocycles. The van der Waals surface area contributed by atoms with Crippen LogP contribution in [-0.4, -0.2) is 30.1 Å². The molecule has 0 bridgehead atoms. The molecular formula is C18H22N4O2S. The first kappa shape index (κ1) is 16.5. The molecule has 0 spiro atoms. The van der Waals surface area contributed by atoms with E-state index in [1.54, 1.807) is 7.11 Å². The van der Waals surface area contributed by atoms with E-state index in [9.17, 15) is 4.79 Å². The molecule has 2 unspecified atom stereocenters. The van der Waals surface area contributed by atoms with E-state index >= 15 is 0 Å². The number of amides is 1. The lowest BCUT2D eigenvalue weighted by molar-refractivity contribution is -0.117. The number of thiazole rings is 1. The fraction of sp³-hybridized carbons (Fsp3) is 0.444. The second-order valence-corrected chi connectivity index (χ2v) is 7.87. The van der Waals surface area contributed by atoms with Crippen molar-refractivity contribution < 1.29 is 9.53 Å². The topological polar surface area (TPSA) is 75.3 Å². The van der Waals surface area contributed by atoms with Crippen molar-refractivity contribution in [1.82, 2.24) is 15.8 Å². The summed E-state index contributed by atoms with van der Waals surface area (Å²) >= 11 is 1.50. The first-order valence-electron chi connectivity index (χ1n) is 8.58. The number of ether oxygens (including phenoxy) is 1. The largest absolute Gasteiger partial charge is 0.497 e. The van der Waals surface area contributed by atoms with E-state index in [0.29, 0.717) is 11.2 Å². The highest BCUT2D eigenvalue weighted by atomic mass is 32.1. The third-order valence-corrected chi connectivity index (χ3v) is 5.72. The zero-order valence-electron chi connectivity index (χ0n) is 14.3. The summed E-state index contributed by atoms with van der Waals surface area (Å²) in [5, 5.41) is 3.60. The van der Waals surface area contributed by atoms with Crippen LogP contribution >= 0.6 is 11.3 Å². The Morgan fingerprint density at radius 1 is 1.28 bits per heavy atom. The van der Waals surface area contributed by atoms with Gasteiger partial charge in [0.15, 0.2) is 5.13 Å². The van der Waals surface area contributed by atoms with Crippen LogP contribution in [0.2, 0.25) is 0 Å². The van der Waals surface area contributed by atoms with Crippen LogP contribution in [0.4, 0.5) is 5.13 Å². The minimum absolute atomic E-state index is 0.0225. The number of hydrazine groups is 1. The maximum Gasteiger partial charge on any atom is 0.244 e. The van der Waals surface area contributed by atoms with Gasteiger partial charge in [0.05, 0.1) is 12.8 Å². The standard InChI is InChI=1S/C18H22N4O2S/c1-10-16(12-5-7-13(24-2)8-6-12)19-18(25-10)20-17(23)15-9-14(21-22-15)11-3-4-11/h5-8,11,14-15,21-22H,3-4,9H2,1-2H3,(H,19,20,23). The van der Waals surface area contributed by atoms with Crippen LogP contribution in [0.25, 0.3) is 11.3 Å². The molecule has 1 aromatic carbocycles. The first-order valence-corrected chi connectivity index (χ1v) is 9.39. The number of rotatable bonds is 5. The number of benzene rings is 1. The van der Waals surface area contributed by atoms with Gasteiger partial charge < -0.3 is 10.1 Å². The molecule has 1 aliphatic carbocycles. The molecule has 7 heteroatoms. The fourth-order valence-electron chi connectivity index (χ4n) is 3.22. The van der Waals surface area contributed by atoms with Crippen molar-refractivity contribution in [3.8, 4) is 17.0 Å². The monoisotopic (exact) mass is 358 g/mol. The van der Waals surface area contributed by atoms with Crippen molar-refractivity contribution in [2.75, 3.05) is 12.4 Å². The van der Waals surface area contributed by atoms with Crippen LogP contribution in [0.5, 0.6) is 5.75 Å². The molecule has 1 aromatic heterocycles. The molecule has 4 rings (SSSR count). The maximum atomic E-state index is 12.5. The quantitative estimate of drug-likeness (QED) is 0.766. The molecule has 2 aliphatic rings. The van der Waals surface area contributed by atoms with Crippen molar-refractivity contribution >= 4 is 22.4 Å². The number of methoxy groups -OCH3 is 1. The summed E-state index contributed by atoms with van der Waals surface area (Å²) in [6, 6.07) is 8.02. The highest BCUT2D eigenvalue weighted by Crippen LogP contribution is 2.36. The van der Waals surface area contributed by atoms with E-state index in [4.69, 9.17) is 4.74 Å². The molecule has 6 nitrogen and oxygen atoms in total. The van der Waals surface area contributed by atoms with Crippen molar-refractivity contribution in [2.24, 2.45) is 5.92 Å². The molecule has 2 atom stereocenters. The maximum absolute atomic E-state index is 12.5. The second kappa shape index (κ2) is 6.74. The van der Waals surface area contributed by atoms with Gasteiger partial charge in [0.25, 0.3) is 0 Å². The molecule has 2 heterocycles. The molecule has 132 valence electrons. The molecule has 1 amide bonds. The summed E-state index contributed by atoms with van der Waals surface area (Å²) in [5.74, 6) is 1.52. The van der Waals surface area contributed by atoms with E-state index in [1.807, 2.05) is 31.2 Å². The molecule has 25 heavy (non-hydrogen) atoms. The van der Waals surface area contributed by atoms with Crippen molar-refractivity contribution in [2.45, 2.75) is 38.3 Å². The summed E-state index contributed by atoms with van der Waals surface area (Å²) in [6.45, 7) is 2.02. The van der Waals surface area contributed by atoms with Crippen LogP contribution < -0.4 is 20.9 Å². The third kappa shape index (κ3) is 3.53. The van der Waals surface area contributed by atoms with Gasteiger partial charge in [-0.05, 0) is 56.4 Å². The van der Waals surface area contributed by atoms with Gasteiger partial charge in [-0.2, -0.15) is 0 Å². The average Bonchev–Trinajstić information content (AvgIpc) is 3.24. The lowest BCUT2D eigenvalue weighted by Gasteiger charge is -2.08. The van der Waals surface area contributed by atoms with Crippen LogP contribution in [0, 0.1) is 12.8 Å². The van der Waals surface area contributed by atoms with Crippen molar-refractivity contribution in [3.63, 3.8) is 0 Å². The molecular weight excluding hydrogens is 336 g/mol. The number of carbonyl (C=O) groups is 1. The Bertz CT molecular complexity index is 770. The van der Waals surface area contributed by atoms with E-state index in [0.717, 1.165) is 34.2 Å². The first-order chi connectivity index (χ1) is 12.1. The van der Waals surface area contributed by atoms with Crippen molar-refractivity contribution in [1.29, 1.82) is 0 Å².